The summed E-state index contributed by atoms with van der Waals surface area (Å²) in [6.45, 7) is 1.40. The van der Waals surface area contributed by atoms with Crippen LogP contribution in [0.5, 0.6) is 5.75 Å². The van der Waals surface area contributed by atoms with Gasteiger partial charge in [0.25, 0.3) is 0 Å². The number of rotatable bonds is 3. The van der Waals surface area contributed by atoms with Gasteiger partial charge in [0.1, 0.15) is 11.8 Å². The van der Waals surface area contributed by atoms with Crippen LogP contribution >= 0.6 is 34.5 Å². The number of fused-ring (bicyclic) bond motifs is 1. The standard InChI is InChI=1S/C17H11Cl2N3O2S/c1-9(23)22(14-6-15(24-2)12(19)5-11(14)18)16-10(7-20)8-21-13-3-4-25-17(13)16/h3-6,8H,1-2H3. The molecule has 0 fully saturated rings. The molecule has 3 rings (SSSR count). The number of benzene rings is 1. The van der Waals surface area contributed by atoms with Gasteiger partial charge in [-0.1, -0.05) is 23.2 Å². The molecule has 0 saturated heterocycles. The second-order valence-corrected chi connectivity index (χ2v) is 6.79. The number of amides is 1. The number of carbonyl (C=O) groups excluding carboxylic acids is 1. The van der Waals surface area contributed by atoms with Crippen LogP contribution in [0.1, 0.15) is 12.5 Å². The fraction of sp³-hybridized carbons (Fsp3) is 0.118. The van der Waals surface area contributed by atoms with Crippen LogP contribution in [-0.4, -0.2) is 18.0 Å². The van der Waals surface area contributed by atoms with Crippen molar-refractivity contribution in [2.45, 2.75) is 6.92 Å². The number of methoxy groups -OCH3 is 1. The zero-order valence-corrected chi connectivity index (χ0v) is 15.5. The highest BCUT2D eigenvalue weighted by Crippen LogP contribution is 2.43. The number of halogens is 2. The number of nitriles is 1. The van der Waals surface area contributed by atoms with E-state index in [1.807, 2.05) is 11.4 Å². The first-order valence-corrected chi connectivity index (χ1v) is 8.71. The molecule has 0 aliphatic carbocycles. The summed E-state index contributed by atoms with van der Waals surface area (Å²) in [5, 5.41) is 12.0. The van der Waals surface area contributed by atoms with Gasteiger partial charge in [0.2, 0.25) is 5.91 Å². The van der Waals surface area contributed by atoms with E-state index >= 15 is 0 Å². The molecular formula is C17H11Cl2N3O2S. The molecule has 1 amide bonds. The molecular weight excluding hydrogens is 381 g/mol. The third-order valence-electron chi connectivity index (χ3n) is 3.57. The summed E-state index contributed by atoms with van der Waals surface area (Å²) < 4.78 is 5.95. The number of carbonyl (C=O) groups is 1. The van der Waals surface area contributed by atoms with Crippen LogP contribution in [-0.2, 0) is 4.79 Å². The quantitative estimate of drug-likeness (QED) is 0.617. The highest BCUT2D eigenvalue weighted by atomic mass is 35.5. The Balaban J connectivity index is 2.35. The summed E-state index contributed by atoms with van der Waals surface area (Å²) in [6.07, 6.45) is 1.45. The van der Waals surface area contributed by atoms with E-state index < -0.39 is 0 Å². The normalized spacial score (nSPS) is 10.5. The number of aromatic nitrogens is 1. The molecule has 8 heteroatoms. The molecule has 0 atom stereocenters. The fourth-order valence-electron chi connectivity index (χ4n) is 2.50. The number of hydrogen-bond donors (Lipinski definition) is 0. The first kappa shape index (κ1) is 17.5. The Hall–Kier alpha value is -2.33. The monoisotopic (exact) mass is 391 g/mol. The van der Waals surface area contributed by atoms with E-state index in [1.165, 1.54) is 42.5 Å². The molecule has 0 bridgehead atoms. The first-order chi connectivity index (χ1) is 12.0. The largest absolute Gasteiger partial charge is 0.495 e. The van der Waals surface area contributed by atoms with E-state index in [2.05, 4.69) is 11.1 Å². The van der Waals surface area contributed by atoms with Crippen molar-refractivity contribution >= 4 is 62.0 Å². The summed E-state index contributed by atoms with van der Waals surface area (Å²) in [4.78, 5) is 18.1. The Morgan fingerprint density at radius 2 is 2.12 bits per heavy atom. The molecule has 3 aromatic rings. The van der Waals surface area contributed by atoms with Gasteiger partial charge in [0.15, 0.2) is 0 Å². The van der Waals surface area contributed by atoms with Gasteiger partial charge in [-0.3, -0.25) is 14.7 Å². The van der Waals surface area contributed by atoms with Crippen molar-refractivity contribution in [1.29, 1.82) is 5.26 Å². The first-order valence-electron chi connectivity index (χ1n) is 7.08. The Labute approximate surface area is 158 Å². The van der Waals surface area contributed by atoms with Crippen LogP contribution in [0, 0.1) is 11.3 Å². The maximum Gasteiger partial charge on any atom is 0.228 e. The molecule has 2 aromatic heterocycles. The molecule has 126 valence electrons. The topological polar surface area (TPSA) is 66.2 Å². The number of nitrogens with zero attached hydrogens (tertiary/aromatic N) is 3. The van der Waals surface area contributed by atoms with Crippen LogP contribution in [0.2, 0.25) is 10.0 Å². The van der Waals surface area contributed by atoms with E-state index in [0.29, 0.717) is 27.7 Å². The number of ether oxygens (including phenoxy) is 1. The van der Waals surface area contributed by atoms with Crippen molar-refractivity contribution in [1.82, 2.24) is 4.98 Å². The molecule has 0 spiro atoms. The fourth-order valence-corrected chi connectivity index (χ4v) is 3.93. The lowest BCUT2D eigenvalue weighted by molar-refractivity contribution is -0.115. The van der Waals surface area contributed by atoms with E-state index in [1.54, 1.807) is 6.07 Å². The third kappa shape index (κ3) is 3.02. The molecule has 0 unspecified atom stereocenters. The SMILES string of the molecule is COc1cc(N(C(C)=O)c2c(C#N)cnc3ccsc23)c(Cl)cc1Cl. The average molecular weight is 392 g/mol. The van der Waals surface area contributed by atoms with Gasteiger partial charge < -0.3 is 4.74 Å². The molecule has 0 radical (unpaired) electrons. The van der Waals surface area contributed by atoms with Crippen LogP contribution in [0.3, 0.4) is 0 Å². The lowest BCUT2D eigenvalue weighted by Crippen LogP contribution is -2.24. The van der Waals surface area contributed by atoms with Gasteiger partial charge in [-0.15, -0.1) is 11.3 Å². The Kier molecular flexibility index (Phi) is 4.82. The molecule has 25 heavy (non-hydrogen) atoms. The number of pyridine rings is 1. The highest BCUT2D eigenvalue weighted by molar-refractivity contribution is 7.17. The summed E-state index contributed by atoms with van der Waals surface area (Å²) in [5.41, 5.74) is 1.80. The molecule has 0 saturated carbocycles. The Morgan fingerprint density at radius 1 is 1.36 bits per heavy atom. The van der Waals surface area contributed by atoms with Crippen molar-refractivity contribution < 1.29 is 9.53 Å². The second kappa shape index (κ2) is 6.89. The van der Waals surface area contributed by atoms with Gasteiger partial charge >= 0.3 is 0 Å². The van der Waals surface area contributed by atoms with Crippen LogP contribution < -0.4 is 9.64 Å². The highest BCUT2D eigenvalue weighted by Gasteiger charge is 2.25. The maximum absolute atomic E-state index is 12.5. The van der Waals surface area contributed by atoms with Gasteiger partial charge in [-0.05, 0) is 17.5 Å². The van der Waals surface area contributed by atoms with Crippen molar-refractivity contribution in [3.8, 4) is 11.8 Å². The van der Waals surface area contributed by atoms with Gasteiger partial charge in [-0.2, -0.15) is 5.26 Å². The Morgan fingerprint density at radius 3 is 2.76 bits per heavy atom. The predicted octanol–water partition coefficient (Wildman–Crippen LogP) is 5.17. The van der Waals surface area contributed by atoms with E-state index in [0.717, 1.165) is 4.70 Å². The van der Waals surface area contributed by atoms with Crippen molar-refractivity contribution in [3.05, 3.63) is 45.4 Å². The van der Waals surface area contributed by atoms with Gasteiger partial charge in [-0.25, -0.2) is 0 Å². The van der Waals surface area contributed by atoms with E-state index in [9.17, 15) is 10.1 Å². The average Bonchev–Trinajstić information content (AvgIpc) is 3.05. The van der Waals surface area contributed by atoms with Gasteiger partial charge in [0, 0.05) is 19.2 Å². The van der Waals surface area contributed by atoms with E-state index in [-0.39, 0.29) is 16.5 Å². The number of hydrogen-bond acceptors (Lipinski definition) is 5. The summed E-state index contributed by atoms with van der Waals surface area (Å²) in [6, 6.07) is 7.00. The van der Waals surface area contributed by atoms with Crippen molar-refractivity contribution in [2.75, 3.05) is 12.0 Å². The summed E-state index contributed by atoms with van der Waals surface area (Å²) >= 11 is 13.8. The minimum absolute atomic E-state index is 0.270. The lowest BCUT2D eigenvalue weighted by atomic mass is 10.1. The lowest BCUT2D eigenvalue weighted by Gasteiger charge is -2.24. The molecule has 2 heterocycles. The van der Waals surface area contributed by atoms with Crippen LogP contribution in [0.15, 0.2) is 29.8 Å². The predicted molar refractivity (Wildman–Crippen MR) is 100 cm³/mol. The number of thiophene rings is 1. The van der Waals surface area contributed by atoms with Crippen LogP contribution in [0.4, 0.5) is 11.4 Å². The summed E-state index contributed by atoms with van der Waals surface area (Å²) in [5.74, 6) is 0.0750. The van der Waals surface area contributed by atoms with E-state index in [4.69, 9.17) is 27.9 Å². The number of anilines is 2. The minimum Gasteiger partial charge on any atom is -0.495 e. The van der Waals surface area contributed by atoms with Crippen LogP contribution in [0.25, 0.3) is 10.2 Å². The van der Waals surface area contributed by atoms with Crippen molar-refractivity contribution in [2.24, 2.45) is 0 Å². The third-order valence-corrected chi connectivity index (χ3v) is 5.08. The smallest absolute Gasteiger partial charge is 0.228 e. The Bertz CT molecular complexity index is 1030. The molecule has 0 N–H and O–H groups in total. The molecule has 5 nitrogen and oxygen atoms in total. The van der Waals surface area contributed by atoms with Gasteiger partial charge in [0.05, 0.1) is 44.3 Å². The zero-order chi connectivity index (χ0) is 18.1. The molecule has 0 aliphatic heterocycles. The minimum atomic E-state index is -0.302. The molecule has 0 aliphatic rings. The second-order valence-electron chi connectivity index (χ2n) is 5.06. The maximum atomic E-state index is 12.5. The molecule has 1 aromatic carbocycles. The zero-order valence-electron chi connectivity index (χ0n) is 13.2. The van der Waals surface area contributed by atoms with Crippen molar-refractivity contribution in [3.63, 3.8) is 0 Å². The summed E-state index contributed by atoms with van der Waals surface area (Å²) in [7, 11) is 1.47.